The maximum atomic E-state index is 14.0. The smallest absolute Gasteiger partial charge is 0.234 e. The topological polar surface area (TPSA) is 68.0 Å². The fourth-order valence-electron chi connectivity index (χ4n) is 2.95. The number of hydrogen-bond acceptors (Lipinski definition) is 3. The summed E-state index contributed by atoms with van der Waals surface area (Å²) >= 11 is 5.87. The first-order valence-electron chi connectivity index (χ1n) is 7.87. The van der Waals surface area contributed by atoms with Gasteiger partial charge in [0.1, 0.15) is 5.82 Å². The maximum Gasteiger partial charge on any atom is 0.234 e. The first kappa shape index (κ1) is 16.9. The highest BCUT2D eigenvalue weighted by atomic mass is 35.5. The molecule has 0 aliphatic heterocycles. The van der Waals surface area contributed by atoms with Crippen LogP contribution in [0.3, 0.4) is 0 Å². The fourth-order valence-corrected chi connectivity index (χ4v) is 3.07. The standard InChI is InChI=1S/C18H19ClFN3O/c19-13-3-1-12(2-4-13)9-16(17(21)24)23-11-18(6-7-18)14-5-8-22-10-15(14)20/h1-5,8,10,16,23H,6-7,9,11H2,(H2,21,24). The molecule has 6 heteroatoms. The molecule has 4 nitrogen and oxygen atoms in total. The molecule has 1 fully saturated rings. The number of nitrogens with two attached hydrogens (primary N) is 1. The Labute approximate surface area is 145 Å². The first-order chi connectivity index (χ1) is 11.5. The van der Waals surface area contributed by atoms with Crippen LogP contribution in [0.4, 0.5) is 4.39 Å². The zero-order chi connectivity index (χ0) is 17.2. The Hall–Kier alpha value is -1.98. The molecule has 1 heterocycles. The van der Waals surface area contributed by atoms with Crippen LogP contribution in [0.15, 0.2) is 42.7 Å². The van der Waals surface area contributed by atoms with Gasteiger partial charge in [0, 0.05) is 23.2 Å². The van der Waals surface area contributed by atoms with E-state index in [0.29, 0.717) is 23.6 Å². The normalized spacial score (nSPS) is 16.6. The summed E-state index contributed by atoms with van der Waals surface area (Å²) in [5, 5.41) is 3.86. The summed E-state index contributed by atoms with van der Waals surface area (Å²) in [5.41, 5.74) is 6.88. The van der Waals surface area contributed by atoms with Crippen molar-refractivity contribution in [3.05, 3.63) is 64.7 Å². The predicted molar refractivity (Wildman–Crippen MR) is 91.2 cm³/mol. The molecule has 2 aromatic rings. The average Bonchev–Trinajstić information content (AvgIpc) is 3.34. The van der Waals surface area contributed by atoms with Crippen LogP contribution in [0.25, 0.3) is 0 Å². The van der Waals surface area contributed by atoms with Crippen molar-refractivity contribution in [2.45, 2.75) is 30.7 Å². The number of primary amides is 1. The van der Waals surface area contributed by atoms with Gasteiger partial charge in [-0.25, -0.2) is 4.39 Å². The molecule has 0 radical (unpaired) electrons. The molecule has 1 saturated carbocycles. The van der Waals surface area contributed by atoms with Crippen LogP contribution in [-0.4, -0.2) is 23.5 Å². The molecule has 1 atom stereocenters. The second-order valence-electron chi connectivity index (χ2n) is 6.30. The van der Waals surface area contributed by atoms with E-state index in [1.165, 1.54) is 6.20 Å². The van der Waals surface area contributed by atoms with Crippen LogP contribution >= 0.6 is 11.6 Å². The highest BCUT2D eigenvalue weighted by Crippen LogP contribution is 2.48. The summed E-state index contributed by atoms with van der Waals surface area (Å²) in [7, 11) is 0. The van der Waals surface area contributed by atoms with Crippen molar-refractivity contribution in [1.82, 2.24) is 10.3 Å². The minimum atomic E-state index is -0.506. The van der Waals surface area contributed by atoms with Gasteiger partial charge < -0.3 is 11.1 Å². The highest BCUT2D eigenvalue weighted by Gasteiger charge is 2.46. The number of aromatic nitrogens is 1. The lowest BCUT2D eigenvalue weighted by Gasteiger charge is -2.21. The second kappa shape index (κ2) is 6.87. The van der Waals surface area contributed by atoms with Crippen LogP contribution in [0.1, 0.15) is 24.0 Å². The molecule has 3 rings (SSSR count). The van der Waals surface area contributed by atoms with Crippen LogP contribution < -0.4 is 11.1 Å². The molecule has 0 spiro atoms. The summed E-state index contributed by atoms with van der Waals surface area (Å²) in [6, 6.07) is 8.51. The van der Waals surface area contributed by atoms with Gasteiger partial charge in [0.15, 0.2) is 0 Å². The van der Waals surface area contributed by atoms with E-state index >= 15 is 0 Å². The number of carbonyl (C=O) groups excluding carboxylic acids is 1. The SMILES string of the molecule is NC(=O)C(Cc1ccc(Cl)cc1)NCC1(c2ccncc2F)CC1. The summed E-state index contributed by atoms with van der Waals surface area (Å²) in [5.74, 6) is -0.721. The van der Waals surface area contributed by atoms with E-state index < -0.39 is 11.9 Å². The molecular weight excluding hydrogens is 329 g/mol. The highest BCUT2D eigenvalue weighted by molar-refractivity contribution is 6.30. The lowest BCUT2D eigenvalue weighted by molar-refractivity contribution is -0.120. The fraction of sp³-hybridized carbons (Fsp3) is 0.333. The third-order valence-corrected chi connectivity index (χ3v) is 4.83. The van der Waals surface area contributed by atoms with E-state index in [2.05, 4.69) is 10.3 Å². The molecular formula is C18H19ClFN3O. The number of carbonyl (C=O) groups is 1. The van der Waals surface area contributed by atoms with Gasteiger partial charge in [-0.1, -0.05) is 23.7 Å². The van der Waals surface area contributed by atoms with Crippen LogP contribution in [-0.2, 0) is 16.6 Å². The van der Waals surface area contributed by atoms with Crippen LogP contribution in [0, 0.1) is 5.82 Å². The minimum absolute atomic E-state index is 0.263. The molecule has 1 aliphatic rings. The van der Waals surface area contributed by atoms with Gasteiger partial charge in [-0.15, -0.1) is 0 Å². The molecule has 1 aromatic heterocycles. The summed E-state index contributed by atoms with van der Waals surface area (Å²) in [6.45, 7) is 0.509. The molecule has 1 unspecified atom stereocenters. The Morgan fingerprint density at radius 2 is 2.04 bits per heavy atom. The van der Waals surface area contributed by atoms with Crippen molar-refractivity contribution in [1.29, 1.82) is 0 Å². The number of nitrogens with zero attached hydrogens (tertiary/aromatic N) is 1. The van der Waals surface area contributed by atoms with Gasteiger partial charge in [0.25, 0.3) is 0 Å². The van der Waals surface area contributed by atoms with Crippen LogP contribution in [0.5, 0.6) is 0 Å². The lowest BCUT2D eigenvalue weighted by Crippen LogP contribution is -2.46. The molecule has 3 N–H and O–H groups in total. The van der Waals surface area contributed by atoms with Gasteiger partial charge in [-0.3, -0.25) is 9.78 Å². The van der Waals surface area contributed by atoms with E-state index in [1.807, 2.05) is 12.1 Å². The zero-order valence-electron chi connectivity index (χ0n) is 13.1. The van der Waals surface area contributed by atoms with Crippen molar-refractivity contribution in [2.75, 3.05) is 6.54 Å². The number of benzene rings is 1. The Morgan fingerprint density at radius 3 is 2.62 bits per heavy atom. The molecule has 24 heavy (non-hydrogen) atoms. The molecule has 1 amide bonds. The third kappa shape index (κ3) is 3.74. The average molecular weight is 348 g/mol. The third-order valence-electron chi connectivity index (χ3n) is 4.58. The molecule has 0 saturated heterocycles. The largest absolute Gasteiger partial charge is 0.368 e. The summed E-state index contributed by atoms with van der Waals surface area (Å²) < 4.78 is 14.0. The van der Waals surface area contributed by atoms with Crippen LogP contribution in [0.2, 0.25) is 5.02 Å². The molecule has 126 valence electrons. The minimum Gasteiger partial charge on any atom is -0.368 e. The Balaban J connectivity index is 1.67. The van der Waals surface area contributed by atoms with Gasteiger partial charge >= 0.3 is 0 Å². The van der Waals surface area contributed by atoms with E-state index in [9.17, 15) is 9.18 Å². The van der Waals surface area contributed by atoms with E-state index in [0.717, 1.165) is 18.4 Å². The van der Waals surface area contributed by atoms with Crippen molar-refractivity contribution >= 4 is 17.5 Å². The maximum absolute atomic E-state index is 14.0. The monoisotopic (exact) mass is 347 g/mol. The first-order valence-corrected chi connectivity index (χ1v) is 8.25. The number of nitrogens with one attached hydrogen (secondary N) is 1. The number of halogens is 2. The molecule has 0 bridgehead atoms. The van der Waals surface area contributed by atoms with E-state index in [-0.39, 0.29) is 11.2 Å². The molecule has 1 aliphatic carbocycles. The van der Waals surface area contributed by atoms with Crippen molar-refractivity contribution in [2.24, 2.45) is 5.73 Å². The number of pyridine rings is 1. The van der Waals surface area contributed by atoms with Gasteiger partial charge in [-0.05, 0) is 48.6 Å². The van der Waals surface area contributed by atoms with Gasteiger partial charge in [-0.2, -0.15) is 0 Å². The lowest BCUT2D eigenvalue weighted by atomic mass is 9.95. The molecule has 1 aromatic carbocycles. The summed E-state index contributed by atoms with van der Waals surface area (Å²) in [4.78, 5) is 15.6. The van der Waals surface area contributed by atoms with Crippen molar-refractivity contribution < 1.29 is 9.18 Å². The second-order valence-corrected chi connectivity index (χ2v) is 6.74. The zero-order valence-corrected chi connectivity index (χ0v) is 13.9. The predicted octanol–water partition coefficient (Wildman–Crippen LogP) is 2.59. The van der Waals surface area contributed by atoms with Crippen molar-refractivity contribution in [3.8, 4) is 0 Å². The Morgan fingerprint density at radius 1 is 1.33 bits per heavy atom. The number of hydrogen-bond donors (Lipinski definition) is 2. The van der Waals surface area contributed by atoms with E-state index in [4.69, 9.17) is 17.3 Å². The summed E-state index contributed by atoms with van der Waals surface area (Å²) in [6.07, 6.45) is 5.06. The van der Waals surface area contributed by atoms with Crippen molar-refractivity contribution in [3.63, 3.8) is 0 Å². The number of rotatable bonds is 7. The Kier molecular flexibility index (Phi) is 4.83. The van der Waals surface area contributed by atoms with E-state index in [1.54, 1.807) is 24.4 Å². The quantitative estimate of drug-likeness (QED) is 0.809. The van der Waals surface area contributed by atoms with Gasteiger partial charge in [0.2, 0.25) is 5.91 Å². The van der Waals surface area contributed by atoms with Gasteiger partial charge in [0.05, 0.1) is 12.2 Å². The number of amides is 1. The Bertz CT molecular complexity index is 731.